The van der Waals surface area contributed by atoms with Gasteiger partial charge in [-0.15, -0.1) is 10.2 Å². The highest BCUT2D eigenvalue weighted by atomic mass is 16.5. The van der Waals surface area contributed by atoms with Crippen LogP contribution in [-0.2, 0) is 24.5 Å². The summed E-state index contributed by atoms with van der Waals surface area (Å²) in [5.74, 6) is 2.27. The molecular formula is C21H25N5O4. The number of hydrogen-bond donors (Lipinski definition) is 0. The second-order valence-electron chi connectivity index (χ2n) is 6.72. The molecule has 9 heteroatoms. The van der Waals surface area contributed by atoms with Crippen LogP contribution in [0.2, 0.25) is 0 Å². The lowest BCUT2D eigenvalue weighted by Gasteiger charge is -2.19. The zero-order valence-electron chi connectivity index (χ0n) is 17.5. The Hall–Kier alpha value is -3.62. The Morgan fingerprint density at radius 3 is 2.50 bits per heavy atom. The summed E-state index contributed by atoms with van der Waals surface area (Å²) in [4.78, 5) is 15.5. The minimum Gasteiger partial charge on any atom is -0.493 e. The van der Waals surface area contributed by atoms with Crippen molar-refractivity contribution in [3.8, 4) is 17.2 Å². The molecule has 0 aliphatic heterocycles. The quantitative estimate of drug-likeness (QED) is 0.533. The summed E-state index contributed by atoms with van der Waals surface area (Å²) >= 11 is 0. The average Bonchev–Trinajstić information content (AvgIpc) is 3.21. The van der Waals surface area contributed by atoms with E-state index in [4.69, 9.17) is 14.2 Å². The van der Waals surface area contributed by atoms with Crippen LogP contribution < -0.4 is 14.2 Å². The third-order valence-corrected chi connectivity index (χ3v) is 4.56. The molecule has 0 aliphatic carbocycles. The number of benzene rings is 2. The molecule has 158 valence electrons. The first-order chi connectivity index (χ1) is 14.5. The maximum atomic E-state index is 12.6. The number of carbonyl (C=O) groups excluding carboxylic acids is 1. The van der Waals surface area contributed by atoms with Gasteiger partial charge in [-0.05, 0) is 47.5 Å². The molecular weight excluding hydrogens is 386 g/mol. The third-order valence-electron chi connectivity index (χ3n) is 4.56. The van der Waals surface area contributed by atoms with Gasteiger partial charge in [-0.3, -0.25) is 4.79 Å². The van der Waals surface area contributed by atoms with Crippen LogP contribution >= 0.6 is 0 Å². The van der Waals surface area contributed by atoms with Gasteiger partial charge in [0, 0.05) is 13.6 Å². The lowest BCUT2D eigenvalue weighted by atomic mass is 10.1. The van der Waals surface area contributed by atoms with Crippen molar-refractivity contribution in [1.29, 1.82) is 0 Å². The largest absolute Gasteiger partial charge is 0.493 e. The fourth-order valence-corrected chi connectivity index (χ4v) is 2.84. The predicted molar refractivity (Wildman–Crippen MR) is 109 cm³/mol. The van der Waals surface area contributed by atoms with Crippen molar-refractivity contribution in [3.63, 3.8) is 0 Å². The minimum absolute atomic E-state index is 0.0127. The van der Waals surface area contributed by atoms with E-state index in [0.717, 1.165) is 16.9 Å². The second kappa shape index (κ2) is 9.73. The number of aromatic nitrogens is 4. The Kier molecular flexibility index (Phi) is 6.84. The van der Waals surface area contributed by atoms with E-state index in [1.807, 2.05) is 49.4 Å². The van der Waals surface area contributed by atoms with Crippen molar-refractivity contribution in [2.45, 2.75) is 26.6 Å². The first-order valence-corrected chi connectivity index (χ1v) is 9.40. The number of rotatable bonds is 9. The summed E-state index contributed by atoms with van der Waals surface area (Å²) in [6.07, 6.45) is 0. The molecule has 3 rings (SSSR count). The van der Waals surface area contributed by atoms with Gasteiger partial charge in [0.1, 0.15) is 12.3 Å². The second-order valence-corrected chi connectivity index (χ2v) is 6.72. The number of hydrogen-bond acceptors (Lipinski definition) is 7. The summed E-state index contributed by atoms with van der Waals surface area (Å²) < 4.78 is 16.3. The lowest BCUT2D eigenvalue weighted by molar-refractivity contribution is -0.131. The number of carbonyl (C=O) groups is 1. The molecule has 0 saturated carbocycles. The molecule has 3 aromatic rings. The third kappa shape index (κ3) is 5.25. The summed E-state index contributed by atoms with van der Waals surface area (Å²) in [5.41, 5.74) is 1.97. The van der Waals surface area contributed by atoms with Crippen LogP contribution in [0.25, 0.3) is 0 Å². The maximum Gasteiger partial charge on any atom is 0.246 e. The van der Waals surface area contributed by atoms with Gasteiger partial charge < -0.3 is 19.1 Å². The van der Waals surface area contributed by atoms with Crippen LogP contribution in [0.3, 0.4) is 0 Å². The highest BCUT2D eigenvalue weighted by molar-refractivity contribution is 5.75. The molecule has 1 heterocycles. The van der Waals surface area contributed by atoms with E-state index in [1.165, 1.54) is 4.80 Å². The van der Waals surface area contributed by atoms with Crippen LogP contribution in [0.15, 0.2) is 42.5 Å². The zero-order chi connectivity index (χ0) is 21.5. The van der Waals surface area contributed by atoms with Crippen molar-refractivity contribution in [1.82, 2.24) is 25.1 Å². The minimum atomic E-state index is -0.142. The van der Waals surface area contributed by atoms with Gasteiger partial charge in [-0.2, -0.15) is 4.80 Å². The number of methoxy groups -OCH3 is 2. The van der Waals surface area contributed by atoms with Gasteiger partial charge in [0.2, 0.25) is 11.7 Å². The average molecular weight is 411 g/mol. The highest BCUT2D eigenvalue weighted by Gasteiger charge is 2.16. The standard InChI is InChI=1S/C21H25N5O4/c1-15-10-18(28-3)19(29-4)11-16(15)12-25(2)21(27)13-26-23-20(22-24-26)14-30-17-8-6-5-7-9-17/h5-11H,12-14H2,1-4H3. The molecule has 9 nitrogen and oxygen atoms in total. The summed E-state index contributed by atoms with van der Waals surface area (Å²) in [5, 5.41) is 12.1. The Balaban J connectivity index is 1.58. The van der Waals surface area contributed by atoms with E-state index in [2.05, 4.69) is 15.4 Å². The van der Waals surface area contributed by atoms with E-state index in [9.17, 15) is 4.79 Å². The molecule has 0 bridgehead atoms. The molecule has 0 saturated heterocycles. The van der Waals surface area contributed by atoms with Gasteiger partial charge in [-0.25, -0.2) is 0 Å². The number of ether oxygens (including phenoxy) is 3. The summed E-state index contributed by atoms with van der Waals surface area (Å²) in [7, 11) is 4.91. The number of para-hydroxylation sites is 1. The number of amides is 1. The number of tetrazole rings is 1. The molecule has 1 amide bonds. The summed E-state index contributed by atoms with van der Waals surface area (Å²) in [6.45, 7) is 2.55. The van der Waals surface area contributed by atoms with E-state index < -0.39 is 0 Å². The first-order valence-electron chi connectivity index (χ1n) is 9.40. The molecule has 0 fully saturated rings. The highest BCUT2D eigenvalue weighted by Crippen LogP contribution is 2.30. The van der Waals surface area contributed by atoms with Crippen LogP contribution in [0.1, 0.15) is 17.0 Å². The Morgan fingerprint density at radius 2 is 1.80 bits per heavy atom. The van der Waals surface area contributed by atoms with E-state index in [0.29, 0.717) is 23.9 Å². The topological polar surface area (TPSA) is 91.6 Å². The monoisotopic (exact) mass is 411 g/mol. The normalized spacial score (nSPS) is 10.5. The van der Waals surface area contributed by atoms with Crippen molar-refractivity contribution >= 4 is 5.91 Å². The Bertz CT molecular complexity index is 990. The lowest BCUT2D eigenvalue weighted by Crippen LogP contribution is -2.30. The van der Waals surface area contributed by atoms with Crippen molar-refractivity contribution in [2.75, 3.05) is 21.3 Å². The molecule has 0 unspecified atom stereocenters. The number of aryl methyl sites for hydroxylation is 1. The van der Waals surface area contributed by atoms with Gasteiger partial charge in [0.25, 0.3) is 0 Å². The van der Waals surface area contributed by atoms with Crippen LogP contribution in [0.5, 0.6) is 17.2 Å². The van der Waals surface area contributed by atoms with Crippen LogP contribution in [0.4, 0.5) is 0 Å². The molecule has 0 spiro atoms. The van der Waals surface area contributed by atoms with Crippen molar-refractivity contribution in [2.24, 2.45) is 0 Å². The van der Waals surface area contributed by atoms with E-state index >= 15 is 0 Å². The van der Waals surface area contributed by atoms with Crippen molar-refractivity contribution < 1.29 is 19.0 Å². The fourth-order valence-electron chi connectivity index (χ4n) is 2.84. The van der Waals surface area contributed by atoms with Crippen LogP contribution in [0, 0.1) is 6.92 Å². The van der Waals surface area contributed by atoms with E-state index in [1.54, 1.807) is 26.2 Å². The van der Waals surface area contributed by atoms with Gasteiger partial charge in [0.15, 0.2) is 18.1 Å². The molecule has 1 aromatic heterocycles. The predicted octanol–water partition coefficient (Wildman–Crippen LogP) is 2.24. The SMILES string of the molecule is COc1cc(C)c(CN(C)C(=O)Cn2nnc(COc3ccccc3)n2)cc1OC. The molecule has 0 N–H and O–H groups in total. The van der Waals surface area contributed by atoms with Crippen molar-refractivity contribution in [3.05, 3.63) is 59.4 Å². The Labute approximate surface area is 175 Å². The van der Waals surface area contributed by atoms with E-state index in [-0.39, 0.29) is 19.1 Å². The molecule has 30 heavy (non-hydrogen) atoms. The van der Waals surface area contributed by atoms with Gasteiger partial charge in [-0.1, -0.05) is 18.2 Å². The molecule has 0 radical (unpaired) electrons. The molecule has 0 atom stereocenters. The first kappa shape index (κ1) is 21.1. The Morgan fingerprint density at radius 1 is 1.10 bits per heavy atom. The van der Waals surface area contributed by atoms with Gasteiger partial charge >= 0.3 is 0 Å². The molecule has 2 aromatic carbocycles. The smallest absolute Gasteiger partial charge is 0.246 e. The maximum absolute atomic E-state index is 12.6. The van der Waals surface area contributed by atoms with Gasteiger partial charge in [0.05, 0.1) is 14.2 Å². The number of nitrogens with zero attached hydrogens (tertiary/aromatic N) is 5. The van der Waals surface area contributed by atoms with Crippen LogP contribution in [-0.4, -0.2) is 52.3 Å². The summed E-state index contributed by atoms with van der Waals surface area (Å²) in [6, 6.07) is 13.1. The fraction of sp³-hybridized carbons (Fsp3) is 0.333. The zero-order valence-corrected chi connectivity index (χ0v) is 17.5. The molecule has 0 aliphatic rings. The number of likely N-dealkylation sites (N-methyl/N-ethyl adjacent to an activating group) is 1.